The first-order valence-electron chi connectivity index (χ1n) is 6.23. The van der Waals surface area contributed by atoms with Crippen LogP contribution in [0.4, 0.5) is 0 Å². The molecule has 0 fully saturated rings. The number of rotatable bonds is 3. The number of nitrogens with two attached hydrogens (primary N) is 1. The van der Waals surface area contributed by atoms with Crippen molar-refractivity contribution in [2.24, 2.45) is 5.73 Å². The summed E-state index contributed by atoms with van der Waals surface area (Å²) in [4.78, 5) is 0. The van der Waals surface area contributed by atoms with Gasteiger partial charge >= 0.3 is 0 Å². The second-order valence-electron chi connectivity index (χ2n) is 4.71. The van der Waals surface area contributed by atoms with Crippen LogP contribution in [-0.4, -0.2) is 7.11 Å². The van der Waals surface area contributed by atoms with E-state index in [4.69, 9.17) is 22.1 Å². The van der Waals surface area contributed by atoms with Gasteiger partial charge in [0.05, 0.1) is 7.11 Å². The molecule has 0 saturated heterocycles. The molecule has 100 valence electrons. The van der Waals surface area contributed by atoms with E-state index in [-0.39, 0.29) is 6.04 Å². The van der Waals surface area contributed by atoms with Crippen LogP contribution in [-0.2, 0) is 0 Å². The molecule has 19 heavy (non-hydrogen) atoms. The Hall–Kier alpha value is -1.51. The van der Waals surface area contributed by atoms with Gasteiger partial charge in [0.15, 0.2) is 0 Å². The first-order chi connectivity index (χ1) is 9.02. The summed E-state index contributed by atoms with van der Waals surface area (Å²) in [6.07, 6.45) is 0. The quantitative estimate of drug-likeness (QED) is 0.904. The van der Waals surface area contributed by atoms with Crippen molar-refractivity contribution in [3.63, 3.8) is 0 Å². The molecule has 1 atom stereocenters. The van der Waals surface area contributed by atoms with E-state index in [2.05, 4.69) is 13.0 Å². The number of ether oxygens (including phenoxy) is 1. The normalized spacial score (nSPS) is 12.3. The molecule has 0 spiro atoms. The number of aryl methyl sites for hydroxylation is 1. The SMILES string of the molecule is COc1ccc(C(C)N)cc1-c1cc(Cl)ccc1C. The fourth-order valence-corrected chi connectivity index (χ4v) is 2.28. The summed E-state index contributed by atoms with van der Waals surface area (Å²) in [6.45, 7) is 4.03. The zero-order valence-electron chi connectivity index (χ0n) is 11.4. The first-order valence-corrected chi connectivity index (χ1v) is 6.60. The lowest BCUT2D eigenvalue weighted by Crippen LogP contribution is -2.05. The number of methoxy groups -OCH3 is 1. The monoisotopic (exact) mass is 275 g/mol. The molecule has 0 radical (unpaired) electrons. The van der Waals surface area contributed by atoms with Gasteiger partial charge in [-0.15, -0.1) is 0 Å². The Balaban J connectivity index is 2.64. The van der Waals surface area contributed by atoms with Gasteiger partial charge in [-0.25, -0.2) is 0 Å². The summed E-state index contributed by atoms with van der Waals surface area (Å²) in [6, 6.07) is 11.9. The molecule has 3 heteroatoms. The first kappa shape index (κ1) is 13.9. The summed E-state index contributed by atoms with van der Waals surface area (Å²) in [5, 5.41) is 0.717. The molecule has 0 aliphatic carbocycles. The third kappa shape index (κ3) is 2.91. The maximum Gasteiger partial charge on any atom is 0.126 e. The molecule has 2 rings (SSSR count). The fraction of sp³-hybridized carbons (Fsp3) is 0.250. The molecule has 0 amide bonds. The van der Waals surface area contributed by atoms with Crippen molar-refractivity contribution in [2.45, 2.75) is 19.9 Å². The minimum absolute atomic E-state index is 0.0100. The van der Waals surface area contributed by atoms with Crippen LogP contribution >= 0.6 is 11.6 Å². The highest BCUT2D eigenvalue weighted by molar-refractivity contribution is 6.30. The molecule has 0 aromatic heterocycles. The van der Waals surface area contributed by atoms with Gasteiger partial charge < -0.3 is 10.5 Å². The van der Waals surface area contributed by atoms with Crippen LogP contribution in [0.15, 0.2) is 36.4 Å². The van der Waals surface area contributed by atoms with Crippen LogP contribution in [0, 0.1) is 6.92 Å². The third-order valence-electron chi connectivity index (χ3n) is 3.24. The zero-order chi connectivity index (χ0) is 14.0. The van der Waals surface area contributed by atoms with Gasteiger partial charge in [-0.3, -0.25) is 0 Å². The van der Waals surface area contributed by atoms with E-state index < -0.39 is 0 Å². The van der Waals surface area contributed by atoms with Gasteiger partial charge in [-0.05, 0) is 54.8 Å². The molecule has 0 saturated carbocycles. The summed E-state index contributed by atoms with van der Waals surface area (Å²) >= 11 is 6.10. The third-order valence-corrected chi connectivity index (χ3v) is 3.47. The Kier molecular flexibility index (Phi) is 4.13. The minimum atomic E-state index is -0.0100. The average molecular weight is 276 g/mol. The molecule has 2 aromatic rings. The van der Waals surface area contributed by atoms with Gasteiger partial charge in [-0.1, -0.05) is 23.7 Å². The standard InChI is InChI=1S/C16H18ClNO/c1-10-4-6-13(17)9-14(10)15-8-12(11(2)18)5-7-16(15)19-3/h4-9,11H,18H2,1-3H3. The van der Waals surface area contributed by atoms with E-state index in [1.807, 2.05) is 37.3 Å². The smallest absolute Gasteiger partial charge is 0.126 e. The average Bonchev–Trinajstić information content (AvgIpc) is 2.40. The second kappa shape index (κ2) is 5.64. The maximum absolute atomic E-state index is 6.10. The van der Waals surface area contributed by atoms with E-state index >= 15 is 0 Å². The predicted octanol–water partition coefficient (Wildman–Crippen LogP) is 4.34. The van der Waals surface area contributed by atoms with Crippen molar-refractivity contribution in [2.75, 3.05) is 7.11 Å². The predicted molar refractivity (Wildman–Crippen MR) is 80.8 cm³/mol. The van der Waals surface area contributed by atoms with Gasteiger partial charge in [0, 0.05) is 16.6 Å². The molecule has 2 aromatic carbocycles. The Bertz CT molecular complexity index is 593. The van der Waals surface area contributed by atoms with Gasteiger partial charge in [-0.2, -0.15) is 0 Å². The summed E-state index contributed by atoms with van der Waals surface area (Å²) < 4.78 is 5.45. The lowest BCUT2D eigenvalue weighted by Gasteiger charge is -2.15. The molecular weight excluding hydrogens is 258 g/mol. The Morgan fingerprint density at radius 1 is 1.11 bits per heavy atom. The van der Waals surface area contributed by atoms with E-state index in [1.54, 1.807) is 7.11 Å². The second-order valence-corrected chi connectivity index (χ2v) is 5.14. The summed E-state index contributed by atoms with van der Waals surface area (Å²) in [5.41, 5.74) is 10.3. The van der Waals surface area contributed by atoms with Crippen LogP contribution in [0.25, 0.3) is 11.1 Å². The van der Waals surface area contributed by atoms with Crippen LogP contribution in [0.1, 0.15) is 24.1 Å². The molecule has 2 nitrogen and oxygen atoms in total. The topological polar surface area (TPSA) is 35.2 Å². The number of halogens is 1. The van der Waals surface area contributed by atoms with E-state index in [0.717, 1.165) is 28.0 Å². The van der Waals surface area contributed by atoms with Crippen LogP contribution in [0.5, 0.6) is 5.75 Å². The van der Waals surface area contributed by atoms with Crippen LogP contribution < -0.4 is 10.5 Å². The van der Waals surface area contributed by atoms with Crippen molar-refractivity contribution < 1.29 is 4.74 Å². The summed E-state index contributed by atoms with van der Waals surface area (Å²) in [5.74, 6) is 0.828. The van der Waals surface area contributed by atoms with Gasteiger partial charge in [0.1, 0.15) is 5.75 Å². The molecule has 1 unspecified atom stereocenters. The van der Waals surface area contributed by atoms with Crippen LogP contribution in [0.3, 0.4) is 0 Å². The lowest BCUT2D eigenvalue weighted by molar-refractivity contribution is 0.416. The van der Waals surface area contributed by atoms with Crippen molar-refractivity contribution in [1.29, 1.82) is 0 Å². The highest BCUT2D eigenvalue weighted by Crippen LogP contribution is 2.35. The van der Waals surface area contributed by atoms with Crippen molar-refractivity contribution >= 4 is 11.6 Å². The van der Waals surface area contributed by atoms with Crippen molar-refractivity contribution in [3.8, 4) is 16.9 Å². The number of hydrogen-bond donors (Lipinski definition) is 1. The van der Waals surface area contributed by atoms with E-state index in [0.29, 0.717) is 5.02 Å². The molecular formula is C16H18ClNO. The Morgan fingerprint density at radius 2 is 1.84 bits per heavy atom. The number of hydrogen-bond acceptors (Lipinski definition) is 2. The largest absolute Gasteiger partial charge is 0.496 e. The Labute approximate surface area is 119 Å². The fourth-order valence-electron chi connectivity index (χ4n) is 2.10. The highest BCUT2D eigenvalue weighted by Gasteiger charge is 2.11. The molecule has 2 N–H and O–H groups in total. The van der Waals surface area contributed by atoms with Crippen LogP contribution in [0.2, 0.25) is 5.02 Å². The lowest BCUT2D eigenvalue weighted by atomic mass is 9.96. The van der Waals surface area contributed by atoms with Gasteiger partial charge in [0.2, 0.25) is 0 Å². The van der Waals surface area contributed by atoms with E-state index in [1.165, 1.54) is 0 Å². The zero-order valence-corrected chi connectivity index (χ0v) is 12.2. The minimum Gasteiger partial charge on any atom is -0.496 e. The summed E-state index contributed by atoms with van der Waals surface area (Å²) in [7, 11) is 1.67. The highest BCUT2D eigenvalue weighted by atomic mass is 35.5. The van der Waals surface area contributed by atoms with Crippen molar-refractivity contribution in [3.05, 3.63) is 52.5 Å². The molecule has 0 bridgehead atoms. The van der Waals surface area contributed by atoms with Crippen molar-refractivity contribution in [1.82, 2.24) is 0 Å². The Morgan fingerprint density at radius 3 is 2.47 bits per heavy atom. The van der Waals surface area contributed by atoms with E-state index in [9.17, 15) is 0 Å². The maximum atomic E-state index is 6.10. The molecule has 0 aliphatic heterocycles. The molecule has 0 heterocycles. The number of benzene rings is 2. The molecule has 0 aliphatic rings. The van der Waals surface area contributed by atoms with Gasteiger partial charge in [0.25, 0.3) is 0 Å².